The van der Waals surface area contributed by atoms with E-state index in [0.29, 0.717) is 36.2 Å². The van der Waals surface area contributed by atoms with Crippen LogP contribution in [-0.2, 0) is 33.8 Å². The summed E-state index contributed by atoms with van der Waals surface area (Å²) < 4.78 is 17.6. The smallest absolute Gasteiger partial charge is 0.356 e. The number of fused-ring (bicyclic) bond motifs is 2. The monoisotopic (exact) mass is 583 g/mol. The molecule has 10 heteroatoms. The van der Waals surface area contributed by atoms with Gasteiger partial charge in [0.2, 0.25) is 5.91 Å². The summed E-state index contributed by atoms with van der Waals surface area (Å²) in [5, 5.41) is 8.16. The Morgan fingerprint density at radius 2 is 1.81 bits per heavy atom. The third-order valence-corrected chi connectivity index (χ3v) is 7.69. The van der Waals surface area contributed by atoms with Gasteiger partial charge in [0.15, 0.2) is 5.69 Å². The van der Waals surface area contributed by atoms with Crippen LogP contribution in [0.25, 0.3) is 21.9 Å². The fraction of sp³-hybridized carbons (Fsp3) is 0.303. The molecule has 1 amide bonds. The van der Waals surface area contributed by atoms with Crippen molar-refractivity contribution in [2.45, 2.75) is 39.8 Å². The minimum absolute atomic E-state index is 0.139. The number of amides is 1. The number of para-hydroxylation sites is 1. The van der Waals surface area contributed by atoms with Gasteiger partial charge in [0.05, 0.1) is 44.8 Å². The number of nitrogens with one attached hydrogen (secondary N) is 3. The normalized spacial score (nSPS) is 11.2. The molecule has 0 bridgehead atoms. The highest BCUT2D eigenvalue weighted by Crippen LogP contribution is 2.34. The molecule has 224 valence electrons. The molecule has 0 aliphatic rings. The van der Waals surface area contributed by atoms with E-state index in [0.717, 1.165) is 44.6 Å². The second-order valence-corrected chi connectivity index (χ2v) is 10.5. The van der Waals surface area contributed by atoms with E-state index < -0.39 is 5.97 Å². The highest BCUT2D eigenvalue weighted by Gasteiger charge is 2.26. The van der Waals surface area contributed by atoms with Crippen molar-refractivity contribution in [3.8, 4) is 5.75 Å². The number of rotatable bonds is 12. The number of hydrogen-bond acceptors (Lipinski definition) is 7. The molecule has 5 aromatic rings. The molecule has 0 unspecified atom stereocenters. The Kier molecular flexibility index (Phi) is 8.96. The van der Waals surface area contributed by atoms with Crippen LogP contribution in [0.4, 0.5) is 11.4 Å². The lowest BCUT2D eigenvalue weighted by molar-refractivity contribution is -0.117. The zero-order valence-corrected chi connectivity index (χ0v) is 25.2. The van der Waals surface area contributed by atoms with E-state index in [9.17, 15) is 9.59 Å². The van der Waals surface area contributed by atoms with Crippen LogP contribution < -0.4 is 15.4 Å². The van der Waals surface area contributed by atoms with Crippen molar-refractivity contribution in [3.63, 3.8) is 0 Å². The van der Waals surface area contributed by atoms with E-state index in [1.165, 1.54) is 14.2 Å². The number of hydrogen-bond donors (Lipinski definition) is 3. The number of nitrogens with zero attached hydrogens (tertiary/aromatic N) is 2. The van der Waals surface area contributed by atoms with Gasteiger partial charge in [-0.1, -0.05) is 24.3 Å². The van der Waals surface area contributed by atoms with Gasteiger partial charge in [-0.25, -0.2) is 9.78 Å². The number of pyridine rings is 1. The molecule has 3 N–H and O–H groups in total. The van der Waals surface area contributed by atoms with Crippen molar-refractivity contribution in [1.82, 2.24) is 14.5 Å². The number of aryl methyl sites for hydroxylation is 4. The van der Waals surface area contributed by atoms with Crippen LogP contribution in [0, 0.1) is 13.8 Å². The van der Waals surface area contributed by atoms with Crippen molar-refractivity contribution in [1.29, 1.82) is 0 Å². The minimum Gasteiger partial charge on any atom is -0.496 e. The summed E-state index contributed by atoms with van der Waals surface area (Å²) in [6, 6.07) is 14.1. The lowest BCUT2D eigenvalue weighted by Gasteiger charge is -2.13. The maximum absolute atomic E-state index is 13.2. The number of benzene rings is 2. The second-order valence-electron chi connectivity index (χ2n) is 10.5. The first-order valence-corrected chi connectivity index (χ1v) is 14.2. The van der Waals surface area contributed by atoms with Crippen LogP contribution in [0.2, 0.25) is 0 Å². The molecule has 0 aliphatic carbocycles. The van der Waals surface area contributed by atoms with Crippen LogP contribution in [0.5, 0.6) is 5.75 Å². The van der Waals surface area contributed by atoms with Crippen LogP contribution in [0.15, 0.2) is 54.9 Å². The molecular weight excluding hydrogens is 546 g/mol. The Labute approximate surface area is 250 Å². The Morgan fingerprint density at radius 3 is 2.58 bits per heavy atom. The molecule has 0 saturated heterocycles. The van der Waals surface area contributed by atoms with E-state index in [-0.39, 0.29) is 24.6 Å². The van der Waals surface area contributed by atoms with E-state index in [2.05, 4.69) is 27.8 Å². The maximum atomic E-state index is 13.2. The van der Waals surface area contributed by atoms with Gasteiger partial charge in [-0.05, 0) is 60.7 Å². The molecule has 3 heterocycles. The maximum Gasteiger partial charge on any atom is 0.356 e. The first-order chi connectivity index (χ1) is 20.8. The zero-order chi connectivity index (χ0) is 30.5. The molecule has 43 heavy (non-hydrogen) atoms. The summed E-state index contributed by atoms with van der Waals surface area (Å²) in [5.41, 5.74) is 7.37. The predicted octanol–water partition coefficient (Wildman–Crippen LogP) is 5.76. The first-order valence-electron chi connectivity index (χ1n) is 14.2. The molecular formula is C33H37N5O5. The average Bonchev–Trinajstić information content (AvgIpc) is 3.57. The van der Waals surface area contributed by atoms with Gasteiger partial charge < -0.3 is 34.4 Å². The standard InChI is InChI=1S/C33H37N5O5/c1-20-15-28(42-4)21(2)14-23(20)18-34-24-16-26-30(37-29(39)11-13-41-3)31(33(40)43-5)38(32(26)36-19-24)12-10-22-17-35-27-9-7-6-8-25(22)27/h6-9,14-17,19,34-35H,10-13,18H2,1-5H3,(H,37,39). The van der Waals surface area contributed by atoms with E-state index >= 15 is 0 Å². The van der Waals surface area contributed by atoms with E-state index in [1.54, 1.807) is 13.3 Å². The fourth-order valence-electron chi connectivity index (χ4n) is 5.40. The number of aromatic amines is 1. The van der Waals surface area contributed by atoms with Crippen molar-refractivity contribution in [3.05, 3.63) is 82.8 Å². The number of anilines is 2. The Balaban J connectivity index is 1.53. The number of esters is 1. The molecule has 0 radical (unpaired) electrons. The number of aromatic nitrogens is 3. The summed E-state index contributed by atoms with van der Waals surface area (Å²) in [7, 11) is 4.54. The number of methoxy groups -OCH3 is 3. The molecule has 5 rings (SSSR count). The lowest BCUT2D eigenvalue weighted by atomic mass is 10.0. The zero-order valence-electron chi connectivity index (χ0n) is 25.2. The van der Waals surface area contributed by atoms with Crippen LogP contribution in [-0.4, -0.2) is 54.3 Å². The molecule has 0 aliphatic heterocycles. The van der Waals surface area contributed by atoms with E-state index in [1.807, 2.05) is 54.9 Å². The molecule has 0 atom stereocenters. The summed E-state index contributed by atoms with van der Waals surface area (Å²) in [6.45, 7) is 5.32. The van der Waals surface area contributed by atoms with Crippen LogP contribution in [0.1, 0.15) is 39.2 Å². The van der Waals surface area contributed by atoms with Gasteiger partial charge in [-0.15, -0.1) is 0 Å². The number of H-pyrrole nitrogens is 1. The number of carbonyl (C=O) groups is 2. The average molecular weight is 584 g/mol. The number of carbonyl (C=O) groups excluding carboxylic acids is 2. The minimum atomic E-state index is -0.558. The first kappa shape index (κ1) is 29.7. The third kappa shape index (κ3) is 6.19. The van der Waals surface area contributed by atoms with Crippen LogP contribution >= 0.6 is 0 Å². The molecule has 2 aromatic carbocycles. The van der Waals surface area contributed by atoms with E-state index in [4.69, 9.17) is 19.2 Å². The highest BCUT2D eigenvalue weighted by atomic mass is 16.5. The predicted molar refractivity (Wildman–Crippen MR) is 168 cm³/mol. The fourth-order valence-corrected chi connectivity index (χ4v) is 5.40. The lowest BCUT2D eigenvalue weighted by Crippen LogP contribution is -2.18. The Morgan fingerprint density at radius 1 is 1.00 bits per heavy atom. The van der Waals surface area contributed by atoms with Crippen LogP contribution in [0.3, 0.4) is 0 Å². The largest absolute Gasteiger partial charge is 0.496 e. The summed E-state index contributed by atoms with van der Waals surface area (Å²) >= 11 is 0. The molecule has 3 aromatic heterocycles. The van der Waals surface area contributed by atoms with Gasteiger partial charge in [0.25, 0.3) is 0 Å². The molecule has 0 fully saturated rings. The topological polar surface area (TPSA) is 120 Å². The van der Waals surface area contributed by atoms with Gasteiger partial charge in [-0.2, -0.15) is 0 Å². The van der Waals surface area contributed by atoms with Crippen molar-refractivity contribution >= 4 is 45.2 Å². The molecule has 0 spiro atoms. The summed E-state index contributed by atoms with van der Waals surface area (Å²) in [4.78, 5) is 34.2. The molecule has 10 nitrogen and oxygen atoms in total. The number of ether oxygens (including phenoxy) is 3. The summed E-state index contributed by atoms with van der Waals surface area (Å²) in [6.07, 6.45) is 4.50. The summed E-state index contributed by atoms with van der Waals surface area (Å²) in [5.74, 6) is 0.0192. The van der Waals surface area contributed by atoms with Gasteiger partial charge in [0, 0.05) is 42.7 Å². The second kappa shape index (κ2) is 13.0. The van der Waals surface area contributed by atoms with Crippen molar-refractivity contribution < 1.29 is 23.8 Å². The van der Waals surface area contributed by atoms with Gasteiger partial charge >= 0.3 is 5.97 Å². The molecule has 0 saturated carbocycles. The Hall–Kier alpha value is -4.83. The Bertz CT molecular complexity index is 1790. The van der Waals surface area contributed by atoms with Gasteiger partial charge in [-0.3, -0.25) is 4.79 Å². The van der Waals surface area contributed by atoms with Crippen molar-refractivity contribution in [2.24, 2.45) is 0 Å². The SMILES string of the molecule is COCCC(=O)Nc1c(C(=O)OC)n(CCc2c[nH]c3ccccc23)c2ncc(NCc3cc(C)c(OC)cc3C)cc12. The van der Waals surface area contributed by atoms with Crippen molar-refractivity contribution in [2.75, 3.05) is 38.6 Å². The highest BCUT2D eigenvalue weighted by molar-refractivity contribution is 6.11. The third-order valence-electron chi connectivity index (χ3n) is 7.69. The van der Waals surface area contributed by atoms with Gasteiger partial charge in [0.1, 0.15) is 11.4 Å². The quantitative estimate of drug-likeness (QED) is 0.160.